The fourth-order valence-electron chi connectivity index (χ4n) is 3.30. The van der Waals surface area contributed by atoms with Crippen LogP contribution in [0.2, 0.25) is 0 Å². The Morgan fingerprint density at radius 3 is 2.59 bits per heavy atom. The molecule has 0 unspecified atom stereocenters. The summed E-state index contributed by atoms with van der Waals surface area (Å²) in [4.78, 5) is 8.85. The molecule has 22 heavy (non-hydrogen) atoms. The van der Waals surface area contributed by atoms with Gasteiger partial charge < -0.3 is 0 Å². The molecule has 2 nitrogen and oxygen atoms in total. The SMILES string of the molecule is C1=NC=C2C1=CN=C2c1cccc2c1ccc1ccccc12. The lowest BCUT2D eigenvalue weighted by atomic mass is 9.93. The standard InChI is InChI=1S/C20H12N2/c1-2-5-15-13(4-1)8-9-17-16(15)6-3-7-18(17)20-19-12-21-10-14(19)11-22-20/h1-12H. The molecule has 3 aromatic carbocycles. The first-order valence-corrected chi connectivity index (χ1v) is 7.35. The van der Waals surface area contributed by atoms with Gasteiger partial charge in [0.2, 0.25) is 0 Å². The molecule has 5 rings (SSSR count). The van der Waals surface area contributed by atoms with Gasteiger partial charge in [0.1, 0.15) is 0 Å². The second-order valence-corrected chi connectivity index (χ2v) is 5.57. The summed E-state index contributed by atoms with van der Waals surface area (Å²) >= 11 is 0. The van der Waals surface area contributed by atoms with Gasteiger partial charge in [-0.15, -0.1) is 0 Å². The molecule has 2 aliphatic rings. The minimum atomic E-state index is 1.02. The molecule has 0 radical (unpaired) electrons. The van der Waals surface area contributed by atoms with Crippen molar-refractivity contribution in [3.05, 3.63) is 83.7 Å². The maximum Gasteiger partial charge on any atom is 0.0803 e. The van der Waals surface area contributed by atoms with Gasteiger partial charge in [0.15, 0.2) is 0 Å². The average molecular weight is 280 g/mol. The largest absolute Gasteiger partial charge is 0.263 e. The zero-order chi connectivity index (χ0) is 14.5. The Morgan fingerprint density at radius 2 is 1.59 bits per heavy atom. The van der Waals surface area contributed by atoms with E-state index in [2.05, 4.69) is 64.6 Å². The van der Waals surface area contributed by atoms with Gasteiger partial charge in [-0.1, -0.05) is 54.6 Å². The number of benzene rings is 3. The second kappa shape index (κ2) is 4.25. The van der Waals surface area contributed by atoms with E-state index < -0.39 is 0 Å². The highest BCUT2D eigenvalue weighted by Crippen LogP contribution is 2.32. The molecule has 0 saturated heterocycles. The second-order valence-electron chi connectivity index (χ2n) is 5.57. The lowest BCUT2D eigenvalue weighted by Gasteiger charge is -2.10. The van der Waals surface area contributed by atoms with Gasteiger partial charge in [-0.2, -0.15) is 0 Å². The number of fused-ring (bicyclic) bond motifs is 4. The number of rotatable bonds is 1. The van der Waals surface area contributed by atoms with Crippen LogP contribution in [0.4, 0.5) is 0 Å². The molecule has 0 aliphatic carbocycles. The van der Waals surface area contributed by atoms with E-state index in [0.29, 0.717) is 0 Å². The summed E-state index contributed by atoms with van der Waals surface area (Å²) in [6, 6.07) is 19.3. The lowest BCUT2D eigenvalue weighted by molar-refractivity contribution is 1.57. The summed E-state index contributed by atoms with van der Waals surface area (Å²) in [6.45, 7) is 0. The van der Waals surface area contributed by atoms with Crippen LogP contribution in [0.15, 0.2) is 88.1 Å². The number of allylic oxidation sites excluding steroid dienone is 2. The van der Waals surface area contributed by atoms with Crippen LogP contribution in [0.5, 0.6) is 0 Å². The maximum absolute atomic E-state index is 4.62. The molecule has 0 fully saturated rings. The van der Waals surface area contributed by atoms with Crippen LogP contribution in [-0.2, 0) is 0 Å². The van der Waals surface area contributed by atoms with Crippen LogP contribution < -0.4 is 0 Å². The van der Waals surface area contributed by atoms with Crippen molar-refractivity contribution < 1.29 is 0 Å². The molecule has 0 saturated carbocycles. The van der Waals surface area contributed by atoms with Crippen molar-refractivity contribution >= 4 is 33.5 Å². The highest BCUT2D eigenvalue weighted by Gasteiger charge is 2.22. The van der Waals surface area contributed by atoms with E-state index in [4.69, 9.17) is 0 Å². The van der Waals surface area contributed by atoms with Crippen molar-refractivity contribution in [2.24, 2.45) is 9.98 Å². The zero-order valence-electron chi connectivity index (χ0n) is 11.8. The Kier molecular flexibility index (Phi) is 2.25. The number of nitrogens with zero attached hydrogens (tertiary/aromatic N) is 2. The third-order valence-electron chi connectivity index (χ3n) is 4.36. The smallest absolute Gasteiger partial charge is 0.0803 e. The van der Waals surface area contributed by atoms with Crippen LogP contribution in [0, 0.1) is 0 Å². The quantitative estimate of drug-likeness (QED) is 0.580. The predicted octanol–water partition coefficient (Wildman–Crippen LogP) is 4.65. The van der Waals surface area contributed by atoms with Gasteiger partial charge in [-0.05, 0) is 21.5 Å². The topological polar surface area (TPSA) is 24.7 Å². The third kappa shape index (κ3) is 1.49. The first kappa shape index (κ1) is 11.6. The maximum atomic E-state index is 4.62. The van der Waals surface area contributed by atoms with Gasteiger partial charge in [0.05, 0.1) is 5.71 Å². The van der Waals surface area contributed by atoms with Crippen molar-refractivity contribution in [1.29, 1.82) is 0 Å². The molecule has 3 aromatic rings. The minimum absolute atomic E-state index is 1.02. The molecule has 0 amide bonds. The summed E-state index contributed by atoms with van der Waals surface area (Å²) in [6.07, 6.45) is 5.67. The van der Waals surface area contributed by atoms with E-state index in [9.17, 15) is 0 Å². The molecule has 2 heterocycles. The number of hydrogen-bond acceptors (Lipinski definition) is 2. The van der Waals surface area contributed by atoms with Crippen LogP contribution in [0.3, 0.4) is 0 Å². The van der Waals surface area contributed by atoms with E-state index in [1.165, 1.54) is 27.1 Å². The molecular weight excluding hydrogens is 268 g/mol. The van der Waals surface area contributed by atoms with E-state index in [1.807, 2.05) is 18.6 Å². The molecule has 0 aromatic heterocycles. The van der Waals surface area contributed by atoms with Crippen LogP contribution in [0.25, 0.3) is 21.5 Å². The highest BCUT2D eigenvalue weighted by molar-refractivity contribution is 6.27. The first-order chi connectivity index (χ1) is 10.9. The van der Waals surface area contributed by atoms with E-state index in [-0.39, 0.29) is 0 Å². The Bertz CT molecular complexity index is 1070. The normalized spacial score (nSPS) is 15.9. The van der Waals surface area contributed by atoms with Crippen molar-refractivity contribution in [3.8, 4) is 0 Å². The zero-order valence-corrected chi connectivity index (χ0v) is 11.8. The van der Waals surface area contributed by atoms with Crippen molar-refractivity contribution in [1.82, 2.24) is 0 Å². The van der Waals surface area contributed by atoms with Crippen LogP contribution in [-0.4, -0.2) is 11.9 Å². The molecule has 0 atom stereocenters. The monoisotopic (exact) mass is 280 g/mol. The van der Waals surface area contributed by atoms with E-state index in [1.54, 1.807) is 0 Å². The van der Waals surface area contributed by atoms with Gasteiger partial charge in [0, 0.05) is 35.3 Å². The molecule has 102 valence electrons. The molecule has 2 aliphatic heterocycles. The average Bonchev–Trinajstić information content (AvgIpc) is 3.17. The molecule has 0 spiro atoms. The molecule has 2 heteroatoms. The molecule has 0 bridgehead atoms. The number of hydrogen-bond donors (Lipinski definition) is 0. The lowest BCUT2D eigenvalue weighted by Crippen LogP contribution is -2.02. The van der Waals surface area contributed by atoms with Crippen LogP contribution in [0.1, 0.15) is 5.56 Å². The summed E-state index contributed by atoms with van der Waals surface area (Å²) in [5.41, 5.74) is 4.42. The Morgan fingerprint density at radius 1 is 0.682 bits per heavy atom. The summed E-state index contributed by atoms with van der Waals surface area (Å²) in [7, 11) is 0. The minimum Gasteiger partial charge on any atom is -0.263 e. The predicted molar refractivity (Wildman–Crippen MR) is 92.6 cm³/mol. The van der Waals surface area contributed by atoms with Crippen molar-refractivity contribution in [2.75, 3.05) is 0 Å². The Labute approximate surface area is 127 Å². The fourth-order valence-corrected chi connectivity index (χ4v) is 3.30. The van der Waals surface area contributed by atoms with Gasteiger partial charge in [-0.3, -0.25) is 9.98 Å². The Balaban J connectivity index is 1.81. The number of aliphatic imine (C=N–C) groups is 2. The van der Waals surface area contributed by atoms with Crippen molar-refractivity contribution in [3.63, 3.8) is 0 Å². The van der Waals surface area contributed by atoms with E-state index >= 15 is 0 Å². The van der Waals surface area contributed by atoms with Gasteiger partial charge in [0.25, 0.3) is 0 Å². The summed E-state index contributed by atoms with van der Waals surface area (Å²) < 4.78 is 0. The van der Waals surface area contributed by atoms with Crippen LogP contribution >= 0.6 is 0 Å². The van der Waals surface area contributed by atoms with E-state index in [0.717, 1.165) is 16.9 Å². The highest BCUT2D eigenvalue weighted by atomic mass is 14.8. The third-order valence-corrected chi connectivity index (χ3v) is 4.36. The summed E-state index contributed by atoms with van der Waals surface area (Å²) in [5.74, 6) is 0. The fraction of sp³-hybridized carbons (Fsp3) is 0. The Hall–Kier alpha value is -3.00. The first-order valence-electron chi connectivity index (χ1n) is 7.35. The van der Waals surface area contributed by atoms with Crippen molar-refractivity contribution in [2.45, 2.75) is 0 Å². The molecular formula is C20H12N2. The molecule has 0 N–H and O–H groups in total. The summed E-state index contributed by atoms with van der Waals surface area (Å²) in [5, 5.41) is 5.06. The van der Waals surface area contributed by atoms with Gasteiger partial charge in [-0.25, -0.2) is 0 Å². The van der Waals surface area contributed by atoms with Gasteiger partial charge >= 0.3 is 0 Å².